The number of hydrogen-bond acceptors (Lipinski definition) is 10. The van der Waals surface area contributed by atoms with Gasteiger partial charge in [-0.05, 0) is 46.5 Å². The highest BCUT2D eigenvalue weighted by Crippen LogP contribution is 2.39. The molecule has 12 nitrogen and oxygen atoms in total. The largest absolute Gasteiger partial charge is 0.392 e. The second kappa shape index (κ2) is 15.6. The van der Waals surface area contributed by atoms with Crippen LogP contribution >= 0.6 is 11.8 Å². The molecule has 2 heterocycles. The number of anilines is 1. The van der Waals surface area contributed by atoms with E-state index in [0.717, 1.165) is 29.5 Å². The Bertz CT molecular complexity index is 1270. The second-order valence-electron chi connectivity index (χ2n) is 9.87. The number of aliphatic hydroxyl groups excluding tert-OH is 1. The highest BCUT2D eigenvalue weighted by atomic mass is 32.2. The smallest absolute Gasteiger partial charge is 0.243 e. The molecule has 1 saturated heterocycles. The van der Waals surface area contributed by atoms with Gasteiger partial charge in [-0.3, -0.25) is 14.8 Å². The van der Waals surface area contributed by atoms with E-state index in [1.807, 2.05) is 48.5 Å². The summed E-state index contributed by atoms with van der Waals surface area (Å²) >= 11 is 1.51. The maximum Gasteiger partial charge on any atom is 0.243 e. The van der Waals surface area contributed by atoms with Gasteiger partial charge in [0.25, 0.3) is 0 Å². The van der Waals surface area contributed by atoms with E-state index in [1.54, 1.807) is 17.2 Å². The van der Waals surface area contributed by atoms with Gasteiger partial charge in [-0.1, -0.05) is 61.0 Å². The van der Waals surface area contributed by atoms with E-state index in [0.29, 0.717) is 42.3 Å². The first-order valence-corrected chi connectivity index (χ1v) is 14.6. The van der Waals surface area contributed by atoms with Crippen molar-refractivity contribution in [2.75, 3.05) is 11.1 Å². The van der Waals surface area contributed by atoms with E-state index in [2.05, 4.69) is 20.8 Å². The first-order chi connectivity index (χ1) is 19.9. The molecule has 3 aromatic rings. The summed E-state index contributed by atoms with van der Waals surface area (Å²) in [6, 6.07) is 15.2. The number of rotatable bonds is 14. The van der Waals surface area contributed by atoms with E-state index in [-0.39, 0.29) is 31.1 Å². The predicted octanol–water partition coefficient (Wildman–Crippen LogP) is 3.82. The van der Waals surface area contributed by atoms with E-state index in [4.69, 9.17) is 14.7 Å². The van der Waals surface area contributed by atoms with Crippen LogP contribution in [0.4, 0.5) is 5.69 Å². The summed E-state index contributed by atoms with van der Waals surface area (Å²) in [5, 5.41) is 33.2. The fraction of sp³-hybridized carbons (Fsp3) is 0.464. The van der Waals surface area contributed by atoms with Crippen molar-refractivity contribution in [3.8, 4) is 0 Å². The summed E-state index contributed by atoms with van der Waals surface area (Å²) in [5.74, 6) is 0.141. The van der Waals surface area contributed by atoms with Crippen LogP contribution in [-0.4, -0.2) is 54.2 Å². The molecule has 0 aliphatic carbocycles. The monoisotopic (exact) mass is 584 g/mol. The molecule has 1 aliphatic rings. The van der Waals surface area contributed by atoms with E-state index >= 15 is 0 Å². The average Bonchev–Trinajstić information content (AvgIpc) is 3.42. The molecule has 4 N–H and O–H groups in total. The van der Waals surface area contributed by atoms with Crippen molar-refractivity contribution in [2.45, 2.75) is 75.2 Å². The van der Waals surface area contributed by atoms with Crippen LogP contribution in [-0.2, 0) is 32.7 Å². The number of nitrogens with zero attached hydrogens (tertiary/aromatic N) is 4. The number of carbonyl (C=O) groups excluding carboxylic acids is 2. The third kappa shape index (κ3) is 9.33. The van der Waals surface area contributed by atoms with Gasteiger partial charge in [-0.15, -0.1) is 5.10 Å². The highest BCUT2D eigenvalue weighted by molar-refractivity contribution is 7.99. The van der Waals surface area contributed by atoms with Crippen LogP contribution in [0.2, 0.25) is 0 Å². The Morgan fingerprint density at radius 3 is 2.46 bits per heavy atom. The highest BCUT2D eigenvalue weighted by Gasteiger charge is 2.32. The van der Waals surface area contributed by atoms with E-state index < -0.39 is 12.2 Å². The van der Waals surface area contributed by atoms with Crippen molar-refractivity contribution in [2.24, 2.45) is 7.05 Å². The molecular formula is C28H36N6O6S. The normalized spacial score (nSPS) is 18.7. The molecule has 0 bridgehead atoms. The van der Waals surface area contributed by atoms with Crippen molar-refractivity contribution in [3.63, 3.8) is 0 Å². The minimum atomic E-state index is -0.650. The molecular weight excluding hydrogens is 548 g/mol. The Morgan fingerprint density at radius 2 is 1.78 bits per heavy atom. The van der Waals surface area contributed by atoms with E-state index in [1.165, 1.54) is 11.8 Å². The van der Waals surface area contributed by atoms with Crippen LogP contribution < -0.4 is 10.8 Å². The Hall–Kier alpha value is -3.36. The minimum absolute atomic E-state index is 0.0234. The number of tetrazole rings is 1. The SMILES string of the molecule is Cn1nnnc1SC[C@H]1C[C@@H](c2ccc(CO)cc2)O[C@@H](c2cccc(NC(=O)CCCCCCC(=O)NO)c2)O1. The van der Waals surface area contributed by atoms with Crippen LogP contribution in [0.1, 0.15) is 74.0 Å². The lowest BCUT2D eigenvalue weighted by Gasteiger charge is -2.36. The van der Waals surface area contributed by atoms with Crippen molar-refractivity contribution in [1.29, 1.82) is 0 Å². The zero-order valence-electron chi connectivity index (χ0n) is 22.9. The standard InChI is InChI=1S/C28H36N6O6S/c1-34-28(30-32-33-34)41-18-23-16-24(20-13-11-19(17-35)12-14-20)40-27(39-23)21-7-6-8-22(15-21)29-25(36)9-4-2-3-5-10-26(37)31-38/h6-8,11-15,23-24,27,35,38H,2-5,9-10,16-18H2,1H3,(H,29,36)(H,31,37)/t23-,24+,27+/m1/s1. The number of amides is 2. The molecule has 3 atom stereocenters. The molecule has 0 saturated carbocycles. The van der Waals surface area contributed by atoms with Crippen molar-refractivity contribution >= 4 is 29.3 Å². The Balaban J connectivity index is 1.37. The maximum atomic E-state index is 12.5. The van der Waals surface area contributed by atoms with E-state index in [9.17, 15) is 14.7 Å². The van der Waals surface area contributed by atoms with Gasteiger partial charge in [0.05, 0.1) is 18.8 Å². The van der Waals surface area contributed by atoms with Gasteiger partial charge in [0, 0.05) is 43.3 Å². The molecule has 4 rings (SSSR count). The fourth-order valence-electron chi connectivity index (χ4n) is 4.50. The maximum absolute atomic E-state index is 12.5. The lowest BCUT2D eigenvalue weighted by atomic mass is 10.0. The van der Waals surface area contributed by atoms with Gasteiger partial charge in [-0.2, -0.15) is 0 Å². The number of aliphatic hydroxyl groups is 1. The number of aromatic nitrogens is 4. The minimum Gasteiger partial charge on any atom is -0.392 e. The lowest BCUT2D eigenvalue weighted by Crippen LogP contribution is -2.31. The Kier molecular flexibility index (Phi) is 11.6. The first-order valence-electron chi connectivity index (χ1n) is 13.6. The van der Waals surface area contributed by atoms with Crippen LogP contribution in [0.25, 0.3) is 0 Å². The van der Waals surface area contributed by atoms with Crippen LogP contribution in [0.5, 0.6) is 0 Å². The quantitative estimate of drug-likeness (QED) is 0.0949. The van der Waals surface area contributed by atoms with Crippen LogP contribution in [0.3, 0.4) is 0 Å². The molecule has 1 fully saturated rings. The molecule has 13 heteroatoms. The number of hydroxylamine groups is 1. The zero-order valence-corrected chi connectivity index (χ0v) is 23.8. The summed E-state index contributed by atoms with van der Waals surface area (Å²) in [6.07, 6.45) is 3.24. The number of carbonyl (C=O) groups is 2. The van der Waals surface area contributed by atoms with Gasteiger partial charge in [0.2, 0.25) is 17.0 Å². The molecule has 220 valence electrons. The number of benzene rings is 2. The summed E-state index contributed by atoms with van der Waals surface area (Å²) < 4.78 is 14.4. The Labute approximate surface area is 242 Å². The topological polar surface area (TPSA) is 161 Å². The summed E-state index contributed by atoms with van der Waals surface area (Å²) in [7, 11) is 1.79. The number of thioether (sulfide) groups is 1. The second-order valence-corrected chi connectivity index (χ2v) is 10.9. The number of nitrogens with one attached hydrogen (secondary N) is 2. The molecule has 0 unspecified atom stereocenters. The van der Waals surface area contributed by atoms with Gasteiger partial charge in [0.15, 0.2) is 6.29 Å². The van der Waals surface area contributed by atoms with Gasteiger partial charge in [0.1, 0.15) is 0 Å². The Morgan fingerprint density at radius 1 is 1.02 bits per heavy atom. The number of unbranched alkanes of at least 4 members (excludes halogenated alkanes) is 3. The average molecular weight is 585 g/mol. The van der Waals surface area contributed by atoms with Crippen molar-refractivity contribution in [1.82, 2.24) is 25.7 Å². The molecule has 1 aromatic heterocycles. The third-order valence-electron chi connectivity index (χ3n) is 6.72. The third-order valence-corrected chi connectivity index (χ3v) is 7.86. The molecule has 1 aliphatic heterocycles. The van der Waals surface area contributed by atoms with Crippen molar-refractivity contribution < 1.29 is 29.4 Å². The fourth-order valence-corrected chi connectivity index (χ4v) is 5.37. The zero-order chi connectivity index (χ0) is 29.0. The van der Waals surface area contributed by atoms with Gasteiger partial charge >= 0.3 is 0 Å². The number of hydrogen-bond donors (Lipinski definition) is 4. The lowest BCUT2D eigenvalue weighted by molar-refractivity contribution is -0.245. The van der Waals surface area contributed by atoms with Gasteiger partial charge < -0.3 is 19.9 Å². The van der Waals surface area contributed by atoms with Crippen molar-refractivity contribution in [3.05, 3.63) is 65.2 Å². The summed E-state index contributed by atoms with van der Waals surface area (Å²) in [4.78, 5) is 23.6. The predicted molar refractivity (Wildman–Crippen MR) is 151 cm³/mol. The van der Waals surface area contributed by atoms with Crippen LogP contribution in [0, 0.1) is 0 Å². The first kappa shape index (κ1) is 30.6. The molecule has 2 amide bonds. The number of aryl methyl sites for hydroxylation is 1. The molecule has 41 heavy (non-hydrogen) atoms. The summed E-state index contributed by atoms with van der Waals surface area (Å²) in [5.41, 5.74) is 4.89. The summed E-state index contributed by atoms with van der Waals surface area (Å²) in [6.45, 7) is -0.0234. The molecule has 0 radical (unpaired) electrons. The molecule has 0 spiro atoms. The molecule has 2 aromatic carbocycles. The van der Waals surface area contributed by atoms with Gasteiger partial charge in [-0.25, -0.2) is 10.2 Å². The number of ether oxygens (including phenoxy) is 2. The van der Waals surface area contributed by atoms with Crippen LogP contribution in [0.15, 0.2) is 53.7 Å².